The number of ether oxygens (including phenoxy) is 1. The number of methoxy groups -OCH3 is 1. The minimum absolute atomic E-state index is 0.0289. The van der Waals surface area contributed by atoms with E-state index in [0.717, 1.165) is 15.8 Å². The maximum absolute atomic E-state index is 12.2. The van der Waals surface area contributed by atoms with E-state index in [-0.39, 0.29) is 5.78 Å². The second-order valence-electron chi connectivity index (χ2n) is 4.18. The predicted octanol–water partition coefficient (Wildman–Crippen LogP) is 3.47. The highest BCUT2D eigenvalue weighted by atomic mass is 79.9. The molecule has 0 radical (unpaired) electrons. The molecular formula is C15H14BrNO2. The van der Waals surface area contributed by atoms with Gasteiger partial charge in [-0.1, -0.05) is 28.1 Å². The number of benzene rings is 2. The average Bonchev–Trinajstić information content (AvgIpc) is 2.41. The van der Waals surface area contributed by atoms with Crippen LogP contribution >= 0.6 is 15.9 Å². The van der Waals surface area contributed by atoms with Crippen molar-refractivity contribution < 1.29 is 9.53 Å². The lowest BCUT2D eigenvalue weighted by atomic mass is 10.0. The van der Waals surface area contributed by atoms with Gasteiger partial charge in [-0.3, -0.25) is 4.79 Å². The minimum Gasteiger partial charge on any atom is -0.497 e. The molecule has 0 saturated heterocycles. The average molecular weight is 320 g/mol. The molecule has 0 unspecified atom stereocenters. The summed E-state index contributed by atoms with van der Waals surface area (Å²) in [5, 5.41) is 0. The van der Waals surface area contributed by atoms with E-state index in [9.17, 15) is 4.79 Å². The third-order valence-corrected chi connectivity index (χ3v) is 3.59. The number of hydrogen-bond acceptors (Lipinski definition) is 3. The lowest BCUT2D eigenvalue weighted by Crippen LogP contribution is -2.05. The summed E-state index contributed by atoms with van der Waals surface area (Å²) in [6.45, 7) is 0. The molecule has 0 aliphatic carbocycles. The summed E-state index contributed by atoms with van der Waals surface area (Å²) < 4.78 is 6.06. The Morgan fingerprint density at radius 1 is 1.26 bits per heavy atom. The van der Waals surface area contributed by atoms with Crippen LogP contribution in [0.25, 0.3) is 0 Å². The Hall–Kier alpha value is -1.81. The summed E-state index contributed by atoms with van der Waals surface area (Å²) in [4.78, 5) is 12.2. The molecule has 0 heterocycles. The number of rotatable bonds is 4. The van der Waals surface area contributed by atoms with Crippen molar-refractivity contribution in [2.24, 2.45) is 0 Å². The van der Waals surface area contributed by atoms with E-state index in [1.54, 1.807) is 31.4 Å². The van der Waals surface area contributed by atoms with Gasteiger partial charge < -0.3 is 10.5 Å². The number of Topliss-reactive ketones (excluding diaryl/α,β-unsaturated/α-hetero) is 1. The largest absolute Gasteiger partial charge is 0.497 e. The van der Waals surface area contributed by atoms with E-state index < -0.39 is 0 Å². The molecule has 0 saturated carbocycles. The quantitative estimate of drug-likeness (QED) is 0.693. The highest BCUT2D eigenvalue weighted by Crippen LogP contribution is 2.24. The fourth-order valence-corrected chi connectivity index (χ4v) is 2.19. The van der Waals surface area contributed by atoms with Crippen molar-refractivity contribution in [3.05, 3.63) is 58.1 Å². The van der Waals surface area contributed by atoms with E-state index in [4.69, 9.17) is 10.5 Å². The standard InChI is InChI=1S/C15H14BrNO2/c1-19-13-5-6-14(16)11(8-13)9-15(18)10-3-2-4-12(17)7-10/h2-8H,9,17H2,1H3. The van der Waals surface area contributed by atoms with Gasteiger partial charge in [0.15, 0.2) is 5.78 Å². The maximum Gasteiger partial charge on any atom is 0.167 e. The van der Waals surface area contributed by atoms with Gasteiger partial charge in [-0.05, 0) is 35.9 Å². The molecule has 2 N–H and O–H groups in total. The highest BCUT2D eigenvalue weighted by Gasteiger charge is 2.10. The molecule has 2 aromatic rings. The molecule has 4 heteroatoms. The summed E-state index contributed by atoms with van der Waals surface area (Å²) >= 11 is 3.44. The lowest BCUT2D eigenvalue weighted by Gasteiger charge is -2.07. The number of hydrogen-bond donors (Lipinski definition) is 1. The van der Waals surface area contributed by atoms with Crippen molar-refractivity contribution in [3.63, 3.8) is 0 Å². The minimum atomic E-state index is 0.0289. The zero-order valence-electron chi connectivity index (χ0n) is 10.5. The Kier molecular flexibility index (Phi) is 4.22. The molecule has 0 spiro atoms. The molecule has 0 aromatic heterocycles. The molecule has 0 aliphatic heterocycles. The van der Waals surface area contributed by atoms with Crippen LogP contribution in [0.15, 0.2) is 46.9 Å². The van der Waals surface area contributed by atoms with Gasteiger partial charge in [-0.25, -0.2) is 0 Å². The zero-order chi connectivity index (χ0) is 13.8. The fourth-order valence-electron chi connectivity index (χ4n) is 1.80. The number of nitrogens with two attached hydrogens (primary N) is 1. The van der Waals surface area contributed by atoms with Gasteiger partial charge in [0.25, 0.3) is 0 Å². The van der Waals surface area contributed by atoms with Crippen LogP contribution in [-0.4, -0.2) is 12.9 Å². The van der Waals surface area contributed by atoms with E-state index in [0.29, 0.717) is 17.7 Å². The Morgan fingerprint density at radius 3 is 2.74 bits per heavy atom. The molecule has 2 aromatic carbocycles. The highest BCUT2D eigenvalue weighted by molar-refractivity contribution is 9.10. The van der Waals surface area contributed by atoms with Crippen molar-refractivity contribution in [2.45, 2.75) is 6.42 Å². The van der Waals surface area contributed by atoms with Crippen LogP contribution in [0.4, 0.5) is 5.69 Å². The summed E-state index contributed by atoms with van der Waals surface area (Å²) in [6.07, 6.45) is 0.307. The first-order valence-corrected chi connectivity index (χ1v) is 6.60. The van der Waals surface area contributed by atoms with E-state index in [1.807, 2.05) is 18.2 Å². The SMILES string of the molecule is COc1ccc(Br)c(CC(=O)c2cccc(N)c2)c1. The Balaban J connectivity index is 2.23. The van der Waals surface area contributed by atoms with Gasteiger partial charge in [0.1, 0.15) is 5.75 Å². The van der Waals surface area contributed by atoms with Crippen LogP contribution in [0.1, 0.15) is 15.9 Å². The Morgan fingerprint density at radius 2 is 2.05 bits per heavy atom. The van der Waals surface area contributed by atoms with E-state index in [2.05, 4.69) is 15.9 Å². The Bertz CT molecular complexity index is 611. The number of nitrogen functional groups attached to an aromatic ring is 1. The molecule has 98 valence electrons. The third-order valence-electron chi connectivity index (χ3n) is 2.81. The number of carbonyl (C=O) groups excluding carboxylic acids is 1. The van der Waals surface area contributed by atoms with Crippen molar-refractivity contribution in [1.82, 2.24) is 0 Å². The van der Waals surface area contributed by atoms with Crippen LogP contribution in [0, 0.1) is 0 Å². The molecule has 3 nitrogen and oxygen atoms in total. The van der Waals surface area contributed by atoms with Crippen LogP contribution in [0.3, 0.4) is 0 Å². The van der Waals surface area contributed by atoms with Gasteiger partial charge in [0.05, 0.1) is 7.11 Å². The molecule has 19 heavy (non-hydrogen) atoms. The molecule has 0 amide bonds. The number of halogens is 1. The second kappa shape index (κ2) is 5.89. The van der Waals surface area contributed by atoms with Gasteiger partial charge in [0, 0.05) is 22.1 Å². The normalized spacial score (nSPS) is 10.2. The first kappa shape index (κ1) is 13.6. The number of carbonyl (C=O) groups is 1. The molecule has 0 aliphatic rings. The zero-order valence-corrected chi connectivity index (χ0v) is 12.1. The van der Waals surface area contributed by atoms with Crippen molar-refractivity contribution >= 4 is 27.4 Å². The van der Waals surface area contributed by atoms with Gasteiger partial charge in [0.2, 0.25) is 0 Å². The van der Waals surface area contributed by atoms with E-state index in [1.165, 1.54) is 0 Å². The summed E-state index contributed by atoms with van der Waals surface area (Å²) in [6, 6.07) is 12.6. The van der Waals surface area contributed by atoms with Crippen LogP contribution in [0.2, 0.25) is 0 Å². The molecule has 2 rings (SSSR count). The summed E-state index contributed by atoms with van der Waals surface area (Å²) in [7, 11) is 1.60. The Labute approximate surface area is 120 Å². The second-order valence-corrected chi connectivity index (χ2v) is 5.04. The van der Waals surface area contributed by atoms with Crippen LogP contribution in [-0.2, 0) is 6.42 Å². The van der Waals surface area contributed by atoms with Crippen molar-refractivity contribution in [3.8, 4) is 5.75 Å². The van der Waals surface area contributed by atoms with Crippen LogP contribution < -0.4 is 10.5 Å². The topological polar surface area (TPSA) is 52.3 Å². The van der Waals surface area contributed by atoms with E-state index >= 15 is 0 Å². The van der Waals surface area contributed by atoms with Gasteiger partial charge in [-0.2, -0.15) is 0 Å². The lowest BCUT2D eigenvalue weighted by molar-refractivity contribution is 0.0993. The van der Waals surface area contributed by atoms with Crippen molar-refractivity contribution in [1.29, 1.82) is 0 Å². The third kappa shape index (κ3) is 3.35. The molecule has 0 atom stereocenters. The monoisotopic (exact) mass is 319 g/mol. The first-order chi connectivity index (χ1) is 9.10. The van der Waals surface area contributed by atoms with Gasteiger partial charge in [-0.15, -0.1) is 0 Å². The number of ketones is 1. The fraction of sp³-hybridized carbons (Fsp3) is 0.133. The summed E-state index contributed by atoms with van der Waals surface area (Å²) in [5.74, 6) is 0.764. The predicted molar refractivity (Wildman–Crippen MR) is 79.6 cm³/mol. The van der Waals surface area contributed by atoms with Crippen LogP contribution in [0.5, 0.6) is 5.75 Å². The molecule has 0 bridgehead atoms. The number of anilines is 1. The smallest absolute Gasteiger partial charge is 0.167 e. The first-order valence-electron chi connectivity index (χ1n) is 5.81. The van der Waals surface area contributed by atoms with Crippen molar-refractivity contribution in [2.75, 3.05) is 12.8 Å². The molecule has 0 fully saturated rings. The molecular weight excluding hydrogens is 306 g/mol. The summed E-state index contributed by atoms with van der Waals surface area (Å²) in [5.41, 5.74) is 7.79. The van der Waals surface area contributed by atoms with Gasteiger partial charge >= 0.3 is 0 Å². The maximum atomic E-state index is 12.2.